The van der Waals surface area contributed by atoms with Crippen molar-refractivity contribution in [2.24, 2.45) is 5.92 Å². The molecular weight excluding hydrogens is 258 g/mol. The maximum atomic E-state index is 12.0. The highest BCUT2D eigenvalue weighted by Gasteiger charge is 2.33. The van der Waals surface area contributed by atoms with E-state index in [1.807, 2.05) is 0 Å². The maximum absolute atomic E-state index is 12.0. The Hall–Kier alpha value is -2.21. The van der Waals surface area contributed by atoms with E-state index in [2.05, 4.69) is 10.6 Å². The van der Waals surface area contributed by atoms with E-state index in [1.165, 1.54) is 13.1 Å². The number of hydrogen-bond donors (Lipinski definition) is 2. The fourth-order valence-corrected chi connectivity index (χ4v) is 2.33. The quantitative estimate of drug-likeness (QED) is 0.751. The Morgan fingerprint density at radius 1 is 1.30 bits per heavy atom. The van der Waals surface area contributed by atoms with Crippen molar-refractivity contribution < 1.29 is 14.4 Å². The van der Waals surface area contributed by atoms with Gasteiger partial charge in [0.25, 0.3) is 17.7 Å². The summed E-state index contributed by atoms with van der Waals surface area (Å²) in [7, 11) is 1.44. The fourth-order valence-electron chi connectivity index (χ4n) is 2.33. The molecule has 1 fully saturated rings. The minimum Gasteiger partial charge on any atom is -0.352 e. The summed E-state index contributed by atoms with van der Waals surface area (Å²) in [5, 5.41) is 5.98. The molecule has 0 aliphatic carbocycles. The van der Waals surface area contributed by atoms with Gasteiger partial charge in [-0.1, -0.05) is 0 Å². The molecule has 3 amide bonds. The van der Waals surface area contributed by atoms with Gasteiger partial charge in [-0.2, -0.15) is 0 Å². The van der Waals surface area contributed by atoms with Crippen LogP contribution in [0.5, 0.6) is 0 Å². The molecule has 1 aromatic rings. The SMILES string of the molecule is CN1C(=O)c2ccc(C(=O)NCC3CNC3)cc2C1=O. The number of rotatable bonds is 3. The molecule has 0 unspecified atom stereocenters. The first-order chi connectivity index (χ1) is 9.58. The van der Waals surface area contributed by atoms with Gasteiger partial charge in [-0.25, -0.2) is 0 Å². The van der Waals surface area contributed by atoms with E-state index in [9.17, 15) is 14.4 Å². The molecule has 0 saturated carbocycles. The minimum absolute atomic E-state index is 0.213. The van der Waals surface area contributed by atoms with Gasteiger partial charge in [0, 0.05) is 38.2 Å². The Labute approximate surface area is 116 Å². The van der Waals surface area contributed by atoms with Crippen molar-refractivity contribution in [1.82, 2.24) is 15.5 Å². The van der Waals surface area contributed by atoms with Crippen LogP contribution in [0.2, 0.25) is 0 Å². The van der Waals surface area contributed by atoms with Crippen molar-refractivity contribution in [3.8, 4) is 0 Å². The minimum atomic E-state index is -0.358. The molecular formula is C14H15N3O3. The maximum Gasteiger partial charge on any atom is 0.261 e. The van der Waals surface area contributed by atoms with E-state index < -0.39 is 0 Å². The molecule has 1 aromatic carbocycles. The lowest BCUT2D eigenvalue weighted by Crippen LogP contribution is -2.48. The second-order valence-corrected chi connectivity index (χ2v) is 5.16. The molecule has 1 saturated heterocycles. The van der Waals surface area contributed by atoms with Crippen LogP contribution in [0.1, 0.15) is 31.1 Å². The smallest absolute Gasteiger partial charge is 0.261 e. The Bertz CT molecular complexity index is 608. The second-order valence-electron chi connectivity index (χ2n) is 5.16. The average Bonchev–Trinajstić information content (AvgIpc) is 2.62. The van der Waals surface area contributed by atoms with Gasteiger partial charge in [-0.15, -0.1) is 0 Å². The predicted octanol–water partition coefficient (Wildman–Crippen LogP) is -0.138. The summed E-state index contributed by atoms with van der Waals surface area (Å²) in [5.74, 6) is -0.419. The zero-order chi connectivity index (χ0) is 14.3. The Kier molecular flexibility index (Phi) is 3.02. The van der Waals surface area contributed by atoms with Crippen LogP contribution >= 0.6 is 0 Å². The summed E-state index contributed by atoms with van der Waals surface area (Å²) in [6.07, 6.45) is 0. The van der Waals surface area contributed by atoms with Crippen LogP contribution in [0.4, 0.5) is 0 Å². The van der Waals surface area contributed by atoms with Crippen LogP contribution in [0.3, 0.4) is 0 Å². The highest BCUT2D eigenvalue weighted by molar-refractivity contribution is 6.21. The molecule has 104 valence electrons. The van der Waals surface area contributed by atoms with E-state index in [0.717, 1.165) is 18.0 Å². The number of benzene rings is 1. The number of hydrogen-bond acceptors (Lipinski definition) is 4. The number of nitrogens with one attached hydrogen (secondary N) is 2. The van der Waals surface area contributed by atoms with Gasteiger partial charge < -0.3 is 10.6 Å². The van der Waals surface area contributed by atoms with Crippen molar-refractivity contribution in [3.63, 3.8) is 0 Å². The van der Waals surface area contributed by atoms with Gasteiger partial charge in [0.05, 0.1) is 11.1 Å². The van der Waals surface area contributed by atoms with E-state index in [4.69, 9.17) is 0 Å². The lowest BCUT2D eigenvalue weighted by atomic mass is 10.0. The molecule has 20 heavy (non-hydrogen) atoms. The first-order valence-electron chi connectivity index (χ1n) is 6.53. The Morgan fingerprint density at radius 3 is 2.65 bits per heavy atom. The van der Waals surface area contributed by atoms with Gasteiger partial charge in [-0.05, 0) is 18.2 Å². The van der Waals surface area contributed by atoms with Gasteiger partial charge >= 0.3 is 0 Å². The van der Waals surface area contributed by atoms with E-state index in [1.54, 1.807) is 12.1 Å². The van der Waals surface area contributed by atoms with Gasteiger partial charge in [0.15, 0.2) is 0 Å². The summed E-state index contributed by atoms with van der Waals surface area (Å²) in [5.41, 5.74) is 1.07. The summed E-state index contributed by atoms with van der Waals surface area (Å²) >= 11 is 0. The number of amides is 3. The van der Waals surface area contributed by atoms with Gasteiger partial charge in [0.1, 0.15) is 0 Å². The molecule has 2 N–H and O–H groups in total. The van der Waals surface area contributed by atoms with Crippen molar-refractivity contribution in [1.29, 1.82) is 0 Å². The van der Waals surface area contributed by atoms with Crippen molar-refractivity contribution in [2.75, 3.05) is 26.7 Å². The zero-order valence-electron chi connectivity index (χ0n) is 11.1. The van der Waals surface area contributed by atoms with E-state index >= 15 is 0 Å². The molecule has 2 aliphatic rings. The van der Waals surface area contributed by atoms with Gasteiger partial charge in [-0.3, -0.25) is 19.3 Å². The lowest BCUT2D eigenvalue weighted by Gasteiger charge is -2.27. The largest absolute Gasteiger partial charge is 0.352 e. The lowest BCUT2D eigenvalue weighted by molar-refractivity contribution is 0.0693. The molecule has 0 bridgehead atoms. The fraction of sp³-hybridized carbons (Fsp3) is 0.357. The second kappa shape index (κ2) is 4.72. The van der Waals surface area contributed by atoms with Gasteiger partial charge in [0.2, 0.25) is 0 Å². The Balaban J connectivity index is 1.77. The third kappa shape index (κ3) is 1.98. The topological polar surface area (TPSA) is 78.5 Å². The van der Waals surface area contributed by atoms with Crippen molar-refractivity contribution >= 4 is 17.7 Å². The van der Waals surface area contributed by atoms with Crippen molar-refractivity contribution in [2.45, 2.75) is 0 Å². The highest BCUT2D eigenvalue weighted by Crippen LogP contribution is 2.22. The highest BCUT2D eigenvalue weighted by atomic mass is 16.2. The summed E-state index contributed by atoms with van der Waals surface area (Å²) in [4.78, 5) is 36.7. The summed E-state index contributed by atoms with van der Waals surface area (Å²) in [6, 6.07) is 4.61. The Morgan fingerprint density at radius 2 is 2.00 bits per heavy atom. The molecule has 0 spiro atoms. The number of fused-ring (bicyclic) bond motifs is 1. The molecule has 0 atom stereocenters. The third-order valence-corrected chi connectivity index (χ3v) is 3.77. The first kappa shape index (κ1) is 12.8. The van der Waals surface area contributed by atoms with Crippen LogP contribution in [-0.2, 0) is 0 Å². The van der Waals surface area contributed by atoms with Crippen LogP contribution in [0.15, 0.2) is 18.2 Å². The molecule has 6 nitrogen and oxygen atoms in total. The first-order valence-corrected chi connectivity index (χ1v) is 6.53. The molecule has 0 radical (unpaired) electrons. The molecule has 6 heteroatoms. The third-order valence-electron chi connectivity index (χ3n) is 3.77. The normalized spacial score (nSPS) is 17.9. The zero-order valence-corrected chi connectivity index (χ0v) is 11.1. The molecule has 2 heterocycles. The van der Waals surface area contributed by atoms with E-state index in [-0.39, 0.29) is 17.7 Å². The average molecular weight is 273 g/mol. The summed E-state index contributed by atoms with van der Waals surface area (Å²) < 4.78 is 0. The standard InChI is InChI=1S/C14H15N3O3/c1-17-13(19)10-3-2-9(4-11(10)14(17)20)12(18)16-7-8-5-15-6-8/h2-4,8,15H,5-7H2,1H3,(H,16,18). The molecule has 0 aromatic heterocycles. The van der Waals surface area contributed by atoms with Crippen LogP contribution in [0, 0.1) is 5.92 Å². The number of nitrogens with zero attached hydrogens (tertiary/aromatic N) is 1. The molecule has 3 rings (SSSR count). The molecule has 2 aliphatic heterocycles. The van der Waals surface area contributed by atoms with Crippen LogP contribution < -0.4 is 10.6 Å². The number of carbonyl (C=O) groups excluding carboxylic acids is 3. The van der Waals surface area contributed by atoms with Crippen molar-refractivity contribution in [3.05, 3.63) is 34.9 Å². The number of imide groups is 1. The monoisotopic (exact) mass is 273 g/mol. The van der Waals surface area contributed by atoms with Crippen LogP contribution in [0.25, 0.3) is 0 Å². The number of carbonyl (C=O) groups is 3. The summed E-state index contributed by atoms with van der Waals surface area (Å²) in [6.45, 7) is 2.46. The van der Waals surface area contributed by atoms with Crippen LogP contribution in [-0.4, -0.2) is 49.3 Å². The predicted molar refractivity (Wildman–Crippen MR) is 71.6 cm³/mol. The van der Waals surface area contributed by atoms with E-state index in [0.29, 0.717) is 29.2 Å².